The van der Waals surface area contributed by atoms with Gasteiger partial charge in [0.15, 0.2) is 5.69 Å². The van der Waals surface area contributed by atoms with E-state index in [0.29, 0.717) is 6.54 Å². The summed E-state index contributed by atoms with van der Waals surface area (Å²) in [5.74, 6) is -0.386. The molecule has 0 bridgehead atoms. The molecule has 0 fully saturated rings. The number of aromatic nitrogens is 1. The van der Waals surface area contributed by atoms with Crippen LogP contribution in [-0.4, -0.2) is 27.9 Å². The molecule has 1 aromatic carbocycles. The predicted molar refractivity (Wildman–Crippen MR) is 72.9 cm³/mol. The van der Waals surface area contributed by atoms with Crippen LogP contribution in [0, 0.1) is 6.92 Å². The fourth-order valence-electron chi connectivity index (χ4n) is 1.90. The summed E-state index contributed by atoms with van der Waals surface area (Å²) in [4.78, 5) is 17.6. The van der Waals surface area contributed by atoms with Crippen LogP contribution in [0.4, 0.5) is 0 Å². The molecule has 1 N–H and O–H groups in total. The van der Waals surface area contributed by atoms with Crippen LogP contribution in [-0.2, 0) is 6.54 Å². The van der Waals surface area contributed by atoms with Gasteiger partial charge in [-0.15, -0.1) is 0 Å². The summed E-state index contributed by atoms with van der Waals surface area (Å²) in [6, 6.07) is 11.0. The van der Waals surface area contributed by atoms with E-state index in [2.05, 4.69) is 4.98 Å². The lowest BCUT2D eigenvalue weighted by atomic mass is 10.1. The molecule has 98 valence electrons. The topological polar surface area (TPSA) is 53.4 Å². The molecule has 4 heteroatoms. The van der Waals surface area contributed by atoms with Crippen LogP contribution in [0.25, 0.3) is 0 Å². The number of hydrogen-bond acceptors (Lipinski definition) is 3. The van der Waals surface area contributed by atoms with Crippen molar-refractivity contribution in [1.29, 1.82) is 0 Å². The number of hydrogen-bond donors (Lipinski definition) is 1. The molecule has 0 saturated heterocycles. The first-order valence-electron chi connectivity index (χ1n) is 6.03. The van der Waals surface area contributed by atoms with E-state index >= 15 is 0 Å². The van der Waals surface area contributed by atoms with Gasteiger partial charge in [0.25, 0.3) is 5.91 Å². The Morgan fingerprint density at radius 1 is 1.32 bits per heavy atom. The number of benzene rings is 1. The first kappa shape index (κ1) is 13.1. The third-order valence-electron chi connectivity index (χ3n) is 2.84. The number of carbonyl (C=O) groups is 1. The van der Waals surface area contributed by atoms with Crippen molar-refractivity contribution in [3.8, 4) is 5.75 Å². The maximum atomic E-state index is 12.2. The smallest absolute Gasteiger partial charge is 0.276 e. The van der Waals surface area contributed by atoms with E-state index < -0.39 is 0 Å². The zero-order chi connectivity index (χ0) is 13.8. The second-order valence-corrected chi connectivity index (χ2v) is 4.52. The van der Waals surface area contributed by atoms with E-state index in [-0.39, 0.29) is 17.4 Å². The first-order valence-corrected chi connectivity index (χ1v) is 6.03. The molecule has 0 aliphatic heterocycles. The van der Waals surface area contributed by atoms with Crippen molar-refractivity contribution in [3.05, 3.63) is 59.4 Å². The normalized spacial score (nSPS) is 10.2. The lowest BCUT2D eigenvalue weighted by Gasteiger charge is -2.17. The molecule has 2 rings (SSSR count). The van der Waals surface area contributed by atoms with Crippen LogP contribution in [0.3, 0.4) is 0 Å². The second-order valence-electron chi connectivity index (χ2n) is 4.52. The van der Waals surface area contributed by atoms with Crippen molar-refractivity contribution in [1.82, 2.24) is 9.88 Å². The summed E-state index contributed by atoms with van der Waals surface area (Å²) in [5.41, 5.74) is 2.28. The van der Waals surface area contributed by atoms with Crippen LogP contribution < -0.4 is 0 Å². The Kier molecular flexibility index (Phi) is 3.80. The Morgan fingerprint density at radius 3 is 2.79 bits per heavy atom. The zero-order valence-corrected chi connectivity index (χ0v) is 11.0. The van der Waals surface area contributed by atoms with E-state index in [4.69, 9.17) is 0 Å². The van der Waals surface area contributed by atoms with Gasteiger partial charge >= 0.3 is 0 Å². The zero-order valence-electron chi connectivity index (χ0n) is 11.0. The van der Waals surface area contributed by atoms with Gasteiger partial charge in [-0.2, -0.15) is 0 Å². The standard InChI is InChI=1S/C15H16N2O2/c1-11-5-3-6-12(9-11)10-17(2)15(19)14-13(18)7-4-8-16-14/h3-9,18H,10H2,1-2H3. The monoisotopic (exact) mass is 256 g/mol. The SMILES string of the molecule is Cc1cccc(CN(C)C(=O)c2ncccc2O)c1. The van der Waals surface area contributed by atoms with Gasteiger partial charge in [-0.3, -0.25) is 4.79 Å². The van der Waals surface area contributed by atoms with E-state index in [1.807, 2.05) is 31.2 Å². The predicted octanol–water partition coefficient (Wildman–Crippen LogP) is 2.37. The summed E-state index contributed by atoms with van der Waals surface area (Å²) in [7, 11) is 1.69. The fourth-order valence-corrected chi connectivity index (χ4v) is 1.90. The van der Waals surface area contributed by atoms with Gasteiger partial charge in [0.2, 0.25) is 0 Å². The highest BCUT2D eigenvalue weighted by Crippen LogP contribution is 2.16. The maximum absolute atomic E-state index is 12.2. The lowest BCUT2D eigenvalue weighted by Crippen LogP contribution is -2.27. The summed E-state index contributed by atoms with van der Waals surface area (Å²) in [6.45, 7) is 2.49. The molecule has 0 radical (unpaired) electrons. The third kappa shape index (κ3) is 3.10. The van der Waals surface area contributed by atoms with Crippen molar-refractivity contribution in [2.45, 2.75) is 13.5 Å². The van der Waals surface area contributed by atoms with E-state index in [0.717, 1.165) is 11.1 Å². The van der Waals surface area contributed by atoms with Gasteiger partial charge in [-0.05, 0) is 24.6 Å². The highest BCUT2D eigenvalue weighted by molar-refractivity contribution is 5.94. The van der Waals surface area contributed by atoms with Crippen molar-refractivity contribution >= 4 is 5.91 Å². The second kappa shape index (κ2) is 5.52. The van der Waals surface area contributed by atoms with Gasteiger partial charge in [-0.25, -0.2) is 4.98 Å². The average Bonchev–Trinajstić information content (AvgIpc) is 2.38. The number of carbonyl (C=O) groups excluding carboxylic acids is 1. The minimum Gasteiger partial charge on any atom is -0.505 e. The summed E-state index contributed by atoms with van der Waals surface area (Å²) >= 11 is 0. The number of amides is 1. The van der Waals surface area contributed by atoms with Crippen LogP contribution >= 0.6 is 0 Å². The minimum absolute atomic E-state index is 0.0812. The van der Waals surface area contributed by atoms with E-state index in [1.165, 1.54) is 17.2 Å². The summed E-state index contributed by atoms with van der Waals surface area (Å²) in [5, 5.41) is 9.63. The molecule has 0 spiro atoms. The number of aryl methyl sites for hydroxylation is 1. The van der Waals surface area contributed by atoms with Crippen molar-refractivity contribution in [3.63, 3.8) is 0 Å². The van der Waals surface area contributed by atoms with E-state index in [9.17, 15) is 9.90 Å². The van der Waals surface area contributed by atoms with Gasteiger partial charge in [0, 0.05) is 19.8 Å². The molecule has 0 saturated carbocycles. The Bertz CT molecular complexity index is 596. The molecule has 1 amide bonds. The molecule has 19 heavy (non-hydrogen) atoms. The molecule has 1 heterocycles. The number of pyridine rings is 1. The molecule has 4 nitrogen and oxygen atoms in total. The van der Waals surface area contributed by atoms with Crippen molar-refractivity contribution < 1.29 is 9.90 Å². The number of rotatable bonds is 3. The Labute approximate surface area is 112 Å². The van der Waals surface area contributed by atoms with Gasteiger partial charge in [0.1, 0.15) is 5.75 Å². The molecule has 0 aliphatic carbocycles. The Balaban J connectivity index is 2.14. The number of aromatic hydroxyl groups is 1. The molecule has 2 aromatic rings. The third-order valence-corrected chi connectivity index (χ3v) is 2.84. The van der Waals surface area contributed by atoms with Gasteiger partial charge in [-0.1, -0.05) is 29.8 Å². The van der Waals surface area contributed by atoms with Crippen LogP contribution in [0.15, 0.2) is 42.6 Å². The molecule has 0 aliphatic rings. The first-order chi connectivity index (χ1) is 9.08. The fraction of sp³-hybridized carbons (Fsp3) is 0.200. The molecule has 0 unspecified atom stereocenters. The highest BCUT2D eigenvalue weighted by Gasteiger charge is 2.16. The van der Waals surface area contributed by atoms with Gasteiger partial charge < -0.3 is 10.0 Å². The van der Waals surface area contributed by atoms with Gasteiger partial charge in [0.05, 0.1) is 0 Å². The minimum atomic E-state index is -0.292. The maximum Gasteiger partial charge on any atom is 0.276 e. The average molecular weight is 256 g/mol. The van der Waals surface area contributed by atoms with Crippen LogP contribution in [0.5, 0.6) is 5.75 Å². The molecular formula is C15H16N2O2. The quantitative estimate of drug-likeness (QED) is 0.917. The Hall–Kier alpha value is -2.36. The van der Waals surface area contributed by atoms with Crippen LogP contribution in [0.1, 0.15) is 21.6 Å². The molecular weight excluding hydrogens is 240 g/mol. The number of nitrogens with zero attached hydrogens (tertiary/aromatic N) is 2. The van der Waals surface area contributed by atoms with Crippen molar-refractivity contribution in [2.75, 3.05) is 7.05 Å². The van der Waals surface area contributed by atoms with Crippen LogP contribution in [0.2, 0.25) is 0 Å². The summed E-state index contributed by atoms with van der Waals surface area (Å²) in [6.07, 6.45) is 1.49. The molecule has 1 aromatic heterocycles. The lowest BCUT2D eigenvalue weighted by molar-refractivity contribution is 0.0776. The molecule has 0 atom stereocenters. The summed E-state index contributed by atoms with van der Waals surface area (Å²) < 4.78 is 0. The Morgan fingerprint density at radius 2 is 2.11 bits per heavy atom. The highest BCUT2D eigenvalue weighted by atomic mass is 16.3. The van der Waals surface area contributed by atoms with E-state index in [1.54, 1.807) is 13.1 Å². The largest absolute Gasteiger partial charge is 0.505 e. The van der Waals surface area contributed by atoms with Crippen molar-refractivity contribution in [2.24, 2.45) is 0 Å².